The highest BCUT2D eigenvalue weighted by atomic mass is 32.1. The summed E-state index contributed by atoms with van der Waals surface area (Å²) in [6, 6.07) is 11.6. The number of benzene rings is 1. The fourth-order valence-corrected chi connectivity index (χ4v) is 3.05. The predicted molar refractivity (Wildman–Crippen MR) is 101 cm³/mol. The van der Waals surface area contributed by atoms with Gasteiger partial charge in [-0.2, -0.15) is 0 Å². The van der Waals surface area contributed by atoms with Crippen LogP contribution in [0.1, 0.15) is 4.88 Å². The minimum atomic E-state index is 0.681. The van der Waals surface area contributed by atoms with Crippen LogP contribution in [0.3, 0.4) is 0 Å². The summed E-state index contributed by atoms with van der Waals surface area (Å²) in [4.78, 5) is 9.88. The molecule has 0 fully saturated rings. The number of aromatic nitrogens is 2. The number of nitrogens with zero attached hydrogens (tertiary/aromatic N) is 2. The van der Waals surface area contributed by atoms with E-state index in [9.17, 15) is 0 Å². The maximum absolute atomic E-state index is 5.38. The Bertz CT molecular complexity index is 809. The molecule has 0 spiro atoms. The summed E-state index contributed by atoms with van der Waals surface area (Å²) in [6.07, 6.45) is 2.50. The van der Waals surface area contributed by atoms with Gasteiger partial charge in [0.25, 0.3) is 0 Å². The van der Waals surface area contributed by atoms with Gasteiger partial charge in [0.2, 0.25) is 0 Å². The fraction of sp³-hybridized carbons (Fsp3) is 0.222. The highest BCUT2D eigenvalue weighted by Crippen LogP contribution is 2.31. The summed E-state index contributed by atoms with van der Waals surface area (Å²) in [5, 5.41) is 8.66. The SMILES string of the molecule is COc1ccc(OC)c(Nc2cc(NCCc3cccs3)ncn2)c1. The largest absolute Gasteiger partial charge is 0.497 e. The molecule has 0 radical (unpaired) electrons. The van der Waals surface area contributed by atoms with Gasteiger partial charge in [0, 0.05) is 23.6 Å². The number of methoxy groups -OCH3 is 2. The van der Waals surface area contributed by atoms with Gasteiger partial charge in [-0.25, -0.2) is 9.97 Å². The summed E-state index contributed by atoms with van der Waals surface area (Å²) in [7, 11) is 3.26. The Balaban J connectivity index is 1.67. The van der Waals surface area contributed by atoms with Gasteiger partial charge in [-0.05, 0) is 30.0 Å². The van der Waals surface area contributed by atoms with E-state index in [0.717, 1.165) is 30.2 Å². The van der Waals surface area contributed by atoms with E-state index in [1.165, 1.54) is 11.2 Å². The zero-order valence-electron chi connectivity index (χ0n) is 14.2. The van der Waals surface area contributed by atoms with Crippen LogP contribution in [0.25, 0.3) is 0 Å². The molecule has 3 rings (SSSR count). The summed E-state index contributed by atoms with van der Waals surface area (Å²) >= 11 is 1.76. The van der Waals surface area contributed by atoms with Gasteiger partial charge in [0.1, 0.15) is 29.5 Å². The minimum absolute atomic E-state index is 0.681. The van der Waals surface area contributed by atoms with Crippen molar-refractivity contribution in [3.8, 4) is 11.5 Å². The molecule has 0 saturated carbocycles. The smallest absolute Gasteiger partial charge is 0.142 e. The second kappa shape index (κ2) is 8.34. The first-order valence-corrected chi connectivity index (χ1v) is 8.74. The number of ether oxygens (including phenoxy) is 2. The molecule has 0 aliphatic rings. The van der Waals surface area contributed by atoms with Crippen molar-refractivity contribution in [2.24, 2.45) is 0 Å². The van der Waals surface area contributed by atoms with Crippen molar-refractivity contribution in [1.29, 1.82) is 0 Å². The number of rotatable bonds is 8. The van der Waals surface area contributed by atoms with Crippen molar-refractivity contribution in [2.45, 2.75) is 6.42 Å². The van der Waals surface area contributed by atoms with Crippen molar-refractivity contribution in [1.82, 2.24) is 9.97 Å². The third kappa shape index (κ3) is 4.60. The van der Waals surface area contributed by atoms with Crippen LogP contribution in [0.5, 0.6) is 11.5 Å². The van der Waals surface area contributed by atoms with E-state index < -0.39 is 0 Å². The third-order valence-electron chi connectivity index (χ3n) is 3.59. The number of anilines is 3. The molecule has 2 aromatic heterocycles. The number of thiophene rings is 1. The Hall–Kier alpha value is -2.80. The van der Waals surface area contributed by atoms with Gasteiger partial charge in [-0.1, -0.05) is 6.07 Å². The van der Waals surface area contributed by atoms with E-state index in [1.54, 1.807) is 25.6 Å². The minimum Gasteiger partial charge on any atom is -0.497 e. The van der Waals surface area contributed by atoms with Crippen LogP contribution in [0.2, 0.25) is 0 Å². The molecule has 0 bridgehead atoms. The lowest BCUT2D eigenvalue weighted by atomic mass is 10.2. The van der Waals surface area contributed by atoms with E-state index in [2.05, 4.69) is 38.1 Å². The lowest BCUT2D eigenvalue weighted by molar-refractivity contribution is 0.405. The average Bonchev–Trinajstić information content (AvgIpc) is 3.15. The van der Waals surface area contributed by atoms with Gasteiger partial charge in [-0.3, -0.25) is 0 Å². The highest BCUT2D eigenvalue weighted by Gasteiger charge is 2.07. The van der Waals surface area contributed by atoms with Gasteiger partial charge in [0.05, 0.1) is 19.9 Å². The number of nitrogens with one attached hydrogen (secondary N) is 2. The van der Waals surface area contributed by atoms with Crippen LogP contribution < -0.4 is 20.1 Å². The second-order valence-corrected chi connectivity index (χ2v) is 6.27. The lowest BCUT2D eigenvalue weighted by Gasteiger charge is -2.12. The van der Waals surface area contributed by atoms with E-state index in [0.29, 0.717) is 11.6 Å². The van der Waals surface area contributed by atoms with Crippen molar-refractivity contribution in [3.63, 3.8) is 0 Å². The van der Waals surface area contributed by atoms with Crippen LogP contribution >= 0.6 is 11.3 Å². The number of hydrogen-bond acceptors (Lipinski definition) is 7. The van der Waals surface area contributed by atoms with E-state index >= 15 is 0 Å². The highest BCUT2D eigenvalue weighted by molar-refractivity contribution is 7.09. The monoisotopic (exact) mass is 356 g/mol. The van der Waals surface area contributed by atoms with Crippen molar-refractivity contribution in [3.05, 3.63) is 53.0 Å². The maximum atomic E-state index is 5.38. The number of hydrogen-bond donors (Lipinski definition) is 2. The Morgan fingerprint density at radius 2 is 1.92 bits per heavy atom. The summed E-state index contributed by atoms with van der Waals surface area (Å²) in [6.45, 7) is 0.819. The molecule has 0 atom stereocenters. The van der Waals surface area contributed by atoms with Crippen molar-refractivity contribution in [2.75, 3.05) is 31.4 Å². The quantitative estimate of drug-likeness (QED) is 0.637. The third-order valence-corrected chi connectivity index (χ3v) is 4.53. The molecule has 3 aromatic rings. The van der Waals surface area contributed by atoms with Crippen LogP contribution in [0, 0.1) is 0 Å². The van der Waals surface area contributed by atoms with Crippen LogP contribution in [0.4, 0.5) is 17.3 Å². The first-order chi connectivity index (χ1) is 12.3. The zero-order chi connectivity index (χ0) is 17.5. The van der Waals surface area contributed by atoms with Gasteiger partial charge < -0.3 is 20.1 Å². The molecule has 0 aliphatic heterocycles. The van der Waals surface area contributed by atoms with Crippen molar-refractivity contribution >= 4 is 28.7 Å². The lowest BCUT2D eigenvalue weighted by Crippen LogP contribution is -2.06. The molecule has 2 N–H and O–H groups in total. The molecule has 0 unspecified atom stereocenters. The van der Waals surface area contributed by atoms with Crippen molar-refractivity contribution < 1.29 is 9.47 Å². The summed E-state index contributed by atoms with van der Waals surface area (Å²) in [5.41, 5.74) is 0.782. The molecule has 0 amide bonds. The first-order valence-electron chi connectivity index (χ1n) is 7.86. The van der Waals surface area contributed by atoms with Gasteiger partial charge in [0.15, 0.2) is 0 Å². The maximum Gasteiger partial charge on any atom is 0.142 e. The topological polar surface area (TPSA) is 68.3 Å². The molecule has 130 valence electrons. The molecule has 2 heterocycles. The van der Waals surface area contributed by atoms with E-state index in [-0.39, 0.29) is 0 Å². The Morgan fingerprint density at radius 1 is 1.04 bits per heavy atom. The normalized spacial score (nSPS) is 10.3. The molecule has 0 aliphatic carbocycles. The zero-order valence-corrected chi connectivity index (χ0v) is 15.0. The van der Waals surface area contributed by atoms with Gasteiger partial charge >= 0.3 is 0 Å². The predicted octanol–water partition coefficient (Wildman–Crippen LogP) is 3.95. The first kappa shape index (κ1) is 17.0. The fourth-order valence-electron chi connectivity index (χ4n) is 2.34. The molecular formula is C18H20N4O2S. The van der Waals surface area contributed by atoms with Crippen LogP contribution in [0.15, 0.2) is 48.1 Å². The average molecular weight is 356 g/mol. The van der Waals surface area contributed by atoms with Crippen LogP contribution in [-0.4, -0.2) is 30.7 Å². The molecule has 0 saturated heterocycles. The second-order valence-electron chi connectivity index (χ2n) is 5.24. The standard InChI is InChI=1S/C18H20N4O2S/c1-23-13-5-6-16(24-2)15(10-13)22-18-11-17(20-12-21-18)19-8-7-14-4-3-9-25-14/h3-6,9-12H,7-8H2,1-2H3,(H2,19,20,21,22). The molecule has 6 nitrogen and oxygen atoms in total. The molecule has 25 heavy (non-hydrogen) atoms. The molecule has 1 aromatic carbocycles. The molecular weight excluding hydrogens is 336 g/mol. The van der Waals surface area contributed by atoms with Crippen LogP contribution in [-0.2, 0) is 6.42 Å². The van der Waals surface area contributed by atoms with Gasteiger partial charge in [-0.15, -0.1) is 11.3 Å². The Labute approximate surface area is 150 Å². The molecule has 7 heteroatoms. The Kier molecular flexibility index (Phi) is 5.69. The van der Waals surface area contributed by atoms with E-state index in [1.807, 2.05) is 24.3 Å². The summed E-state index contributed by atoms with van der Waals surface area (Å²) in [5.74, 6) is 2.91. The van der Waals surface area contributed by atoms with E-state index in [4.69, 9.17) is 9.47 Å². The Morgan fingerprint density at radius 3 is 2.68 bits per heavy atom. The summed E-state index contributed by atoms with van der Waals surface area (Å²) < 4.78 is 10.6.